The fraction of sp³-hybridized carbons (Fsp3) is 0.222. The van der Waals surface area contributed by atoms with Gasteiger partial charge in [-0.2, -0.15) is 0 Å². The molecule has 0 spiro atoms. The van der Waals surface area contributed by atoms with Crippen LogP contribution in [0.15, 0.2) is 12.1 Å². The van der Waals surface area contributed by atoms with Gasteiger partial charge in [0.25, 0.3) is 0 Å². The fourth-order valence-corrected chi connectivity index (χ4v) is 1.27. The maximum atomic E-state index is 11.3. The Morgan fingerprint density at radius 1 is 1.21 bits per heavy atom. The van der Waals surface area contributed by atoms with E-state index < -0.39 is 17.3 Å². The van der Waals surface area contributed by atoms with Crippen LogP contribution in [-0.4, -0.2) is 27.0 Å². The second-order valence-corrected chi connectivity index (χ2v) is 3.10. The molecule has 0 unspecified atom stereocenters. The summed E-state index contributed by atoms with van der Waals surface area (Å²) in [4.78, 5) is 11.3. The molecule has 76 valence electrons. The lowest BCUT2D eigenvalue weighted by Gasteiger charge is -2.05. The average molecular weight is 217 g/mol. The zero-order valence-electron chi connectivity index (χ0n) is 7.20. The summed E-state index contributed by atoms with van der Waals surface area (Å²) in [6, 6.07) is 1.97. The molecule has 0 fully saturated rings. The second kappa shape index (κ2) is 4.19. The SMILES string of the molecule is O=C(CCCl)c1c(O)cc(O)cc1O. The van der Waals surface area contributed by atoms with Crippen LogP contribution < -0.4 is 0 Å². The number of benzene rings is 1. The van der Waals surface area contributed by atoms with E-state index >= 15 is 0 Å². The normalized spacial score (nSPS) is 10.1. The summed E-state index contributed by atoms with van der Waals surface area (Å²) in [5.74, 6) is -1.55. The fourth-order valence-electron chi connectivity index (χ4n) is 1.09. The molecule has 0 aliphatic heterocycles. The Bertz CT molecular complexity index is 339. The predicted octanol–water partition coefficient (Wildman–Crippen LogP) is 1.61. The molecule has 3 N–H and O–H groups in total. The van der Waals surface area contributed by atoms with Crippen LogP contribution in [0.2, 0.25) is 0 Å². The summed E-state index contributed by atoms with van der Waals surface area (Å²) < 4.78 is 0. The van der Waals surface area contributed by atoms with Crippen molar-refractivity contribution in [3.63, 3.8) is 0 Å². The first-order valence-electron chi connectivity index (χ1n) is 3.90. The van der Waals surface area contributed by atoms with Crippen LogP contribution in [0.5, 0.6) is 17.2 Å². The first-order valence-corrected chi connectivity index (χ1v) is 4.43. The van der Waals surface area contributed by atoms with Gasteiger partial charge >= 0.3 is 0 Å². The minimum absolute atomic E-state index is 0.0213. The van der Waals surface area contributed by atoms with Crippen LogP contribution in [0, 0.1) is 0 Å². The molecule has 0 heterocycles. The van der Waals surface area contributed by atoms with Crippen molar-refractivity contribution in [1.29, 1.82) is 0 Å². The minimum Gasteiger partial charge on any atom is -0.508 e. The van der Waals surface area contributed by atoms with Gasteiger partial charge in [-0.15, -0.1) is 11.6 Å². The highest BCUT2D eigenvalue weighted by atomic mass is 35.5. The molecule has 0 radical (unpaired) electrons. The molecule has 0 saturated carbocycles. The molecular formula is C9H9ClO4. The van der Waals surface area contributed by atoms with Crippen LogP contribution in [-0.2, 0) is 0 Å². The number of rotatable bonds is 3. The number of aromatic hydroxyl groups is 3. The molecule has 1 rings (SSSR count). The summed E-state index contributed by atoms with van der Waals surface area (Å²) >= 11 is 5.35. The molecule has 0 bridgehead atoms. The number of halogens is 1. The maximum Gasteiger partial charge on any atom is 0.171 e. The summed E-state index contributed by atoms with van der Waals surface area (Å²) in [5.41, 5.74) is -0.205. The van der Waals surface area contributed by atoms with Gasteiger partial charge in [-0.3, -0.25) is 4.79 Å². The molecule has 5 heteroatoms. The number of carbonyl (C=O) groups excluding carboxylic acids is 1. The Morgan fingerprint density at radius 3 is 2.14 bits per heavy atom. The average Bonchev–Trinajstić information content (AvgIpc) is 2.01. The van der Waals surface area contributed by atoms with Crippen molar-refractivity contribution in [2.45, 2.75) is 6.42 Å². The van der Waals surface area contributed by atoms with Crippen molar-refractivity contribution in [3.05, 3.63) is 17.7 Å². The van der Waals surface area contributed by atoms with E-state index in [-0.39, 0.29) is 23.6 Å². The van der Waals surface area contributed by atoms with Gasteiger partial charge in [-0.25, -0.2) is 0 Å². The number of alkyl halides is 1. The first kappa shape index (κ1) is 10.7. The Morgan fingerprint density at radius 2 is 1.71 bits per heavy atom. The van der Waals surface area contributed by atoms with Crippen LogP contribution in [0.4, 0.5) is 0 Å². The summed E-state index contributed by atoms with van der Waals surface area (Å²) in [6.07, 6.45) is 0.0213. The highest BCUT2D eigenvalue weighted by Gasteiger charge is 2.16. The number of carbonyl (C=O) groups is 1. The summed E-state index contributed by atoms with van der Waals surface area (Å²) in [5, 5.41) is 27.5. The van der Waals surface area contributed by atoms with Crippen LogP contribution in [0.25, 0.3) is 0 Å². The highest BCUT2D eigenvalue weighted by molar-refractivity contribution is 6.20. The standard InChI is InChI=1S/C9H9ClO4/c10-2-1-6(12)9-7(13)3-5(11)4-8(9)14/h3-4,11,13-14H,1-2H2. The zero-order chi connectivity index (χ0) is 10.7. The van der Waals surface area contributed by atoms with Crippen LogP contribution >= 0.6 is 11.6 Å². The number of phenolic OH excluding ortho intramolecular Hbond substituents is 3. The zero-order valence-corrected chi connectivity index (χ0v) is 7.95. The van der Waals surface area contributed by atoms with Gasteiger partial charge < -0.3 is 15.3 Å². The molecule has 1 aromatic carbocycles. The number of phenols is 3. The lowest BCUT2D eigenvalue weighted by Crippen LogP contribution is -2.00. The third-order valence-electron chi connectivity index (χ3n) is 1.68. The smallest absolute Gasteiger partial charge is 0.171 e. The number of hydrogen-bond acceptors (Lipinski definition) is 4. The molecule has 0 aliphatic rings. The van der Waals surface area contributed by atoms with Gasteiger partial charge in [-0.05, 0) is 0 Å². The maximum absolute atomic E-state index is 11.3. The summed E-state index contributed by atoms with van der Waals surface area (Å²) in [7, 11) is 0. The molecule has 4 nitrogen and oxygen atoms in total. The van der Waals surface area contributed by atoms with Crippen LogP contribution in [0.3, 0.4) is 0 Å². The van der Waals surface area contributed by atoms with E-state index in [2.05, 4.69) is 0 Å². The molecule has 0 aliphatic carbocycles. The second-order valence-electron chi connectivity index (χ2n) is 2.72. The molecule has 1 aromatic rings. The highest BCUT2D eigenvalue weighted by Crippen LogP contribution is 2.32. The van der Waals surface area contributed by atoms with E-state index in [1.165, 1.54) is 0 Å². The van der Waals surface area contributed by atoms with Gasteiger partial charge in [0.05, 0.1) is 0 Å². The molecule has 0 saturated heterocycles. The first-order chi connectivity index (χ1) is 6.56. The van der Waals surface area contributed by atoms with E-state index in [1.807, 2.05) is 0 Å². The lowest BCUT2D eigenvalue weighted by molar-refractivity contribution is 0.0984. The van der Waals surface area contributed by atoms with Gasteiger partial charge in [0.2, 0.25) is 0 Å². The molecular weight excluding hydrogens is 208 g/mol. The van der Waals surface area contributed by atoms with Crippen molar-refractivity contribution in [3.8, 4) is 17.2 Å². The Kier molecular flexibility index (Phi) is 3.19. The van der Waals surface area contributed by atoms with Gasteiger partial charge in [0, 0.05) is 24.4 Å². The van der Waals surface area contributed by atoms with E-state index in [9.17, 15) is 15.0 Å². The molecule has 14 heavy (non-hydrogen) atoms. The molecule has 0 aromatic heterocycles. The van der Waals surface area contributed by atoms with Gasteiger partial charge in [0.15, 0.2) is 5.78 Å². The summed E-state index contributed by atoms with van der Waals surface area (Å²) in [6.45, 7) is 0. The monoisotopic (exact) mass is 216 g/mol. The van der Waals surface area contributed by atoms with Gasteiger partial charge in [0.1, 0.15) is 22.8 Å². The Hall–Kier alpha value is -1.42. The number of hydrogen-bond donors (Lipinski definition) is 3. The largest absolute Gasteiger partial charge is 0.508 e. The van der Waals surface area contributed by atoms with E-state index in [0.717, 1.165) is 12.1 Å². The number of Topliss-reactive ketones (excluding diaryl/α,β-unsaturated/α-hetero) is 1. The van der Waals surface area contributed by atoms with E-state index in [0.29, 0.717) is 0 Å². The van der Waals surface area contributed by atoms with E-state index in [1.54, 1.807) is 0 Å². The molecule has 0 amide bonds. The van der Waals surface area contributed by atoms with Crippen LogP contribution in [0.1, 0.15) is 16.8 Å². The van der Waals surface area contributed by atoms with Gasteiger partial charge in [-0.1, -0.05) is 0 Å². The third kappa shape index (κ3) is 2.09. The Labute approximate surface area is 85.4 Å². The topological polar surface area (TPSA) is 77.8 Å². The minimum atomic E-state index is -0.463. The lowest BCUT2D eigenvalue weighted by atomic mass is 10.1. The third-order valence-corrected chi connectivity index (χ3v) is 1.87. The van der Waals surface area contributed by atoms with Crippen molar-refractivity contribution in [1.82, 2.24) is 0 Å². The predicted molar refractivity (Wildman–Crippen MR) is 51.1 cm³/mol. The van der Waals surface area contributed by atoms with Crippen molar-refractivity contribution in [2.24, 2.45) is 0 Å². The number of ketones is 1. The Balaban J connectivity index is 3.14. The molecule has 0 atom stereocenters. The van der Waals surface area contributed by atoms with Crippen molar-refractivity contribution >= 4 is 17.4 Å². The quantitative estimate of drug-likeness (QED) is 0.530. The van der Waals surface area contributed by atoms with Crippen molar-refractivity contribution < 1.29 is 20.1 Å². The van der Waals surface area contributed by atoms with Crippen molar-refractivity contribution in [2.75, 3.05) is 5.88 Å². The van der Waals surface area contributed by atoms with E-state index in [4.69, 9.17) is 16.7 Å².